The third kappa shape index (κ3) is 4.01. The summed E-state index contributed by atoms with van der Waals surface area (Å²) in [4.78, 5) is 5.29. The zero-order chi connectivity index (χ0) is 19.9. The SMILES string of the molecule is FC(F)(F)c1ccc(N2CCC(F)(c3ncccc3C(F)(F)F)CC2)cc1. The number of piperidine rings is 1. The lowest BCUT2D eigenvalue weighted by Gasteiger charge is -2.38. The summed E-state index contributed by atoms with van der Waals surface area (Å²) in [6.07, 6.45) is -8.54. The summed E-state index contributed by atoms with van der Waals surface area (Å²) in [6, 6.07) is 6.30. The first-order valence-corrected chi connectivity index (χ1v) is 8.14. The molecule has 1 aromatic heterocycles. The van der Waals surface area contributed by atoms with Gasteiger partial charge in [-0.05, 0) is 36.4 Å². The number of pyridine rings is 1. The van der Waals surface area contributed by atoms with Gasteiger partial charge in [0.1, 0.15) is 0 Å². The van der Waals surface area contributed by atoms with Crippen molar-refractivity contribution in [3.8, 4) is 0 Å². The van der Waals surface area contributed by atoms with E-state index >= 15 is 4.39 Å². The van der Waals surface area contributed by atoms with Crippen LogP contribution in [-0.4, -0.2) is 18.1 Å². The summed E-state index contributed by atoms with van der Waals surface area (Å²) in [5.41, 5.74) is -4.32. The molecule has 0 radical (unpaired) electrons. The van der Waals surface area contributed by atoms with Gasteiger partial charge in [-0.15, -0.1) is 0 Å². The molecule has 1 fully saturated rings. The second kappa shape index (κ2) is 6.69. The zero-order valence-corrected chi connectivity index (χ0v) is 13.9. The lowest BCUT2D eigenvalue weighted by Crippen LogP contribution is -2.41. The number of hydrogen-bond donors (Lipinski definition) is 0. The van der Waals surface area contributed by atoms with Gasteiger partial charge in [0.05, 0.1) is 16.8 Å². The van der Waals surface area contributed by atoms with Gasteiger partial charge in [-0.1, -0.05) is 0 Å². The van der Waals surface area contributed by atoms with Gasteiger partial charge in [-0.2, -0.15) is 26.3 Å². The van der Waals surface area contributed by atoms with Crippen molar-refractivity contribution in [1.29, 1.82) is 0 Å². The van der Waals surface area contributed by atoms with Crippen LogP contribution in [0.3, 0.4) is 0 Å². The number of nitrogens with zero attached hydrogens (tertiary/aromatic N) is 2. The highest BCUT2D eigenvalue weighted by atomic mass is 19.4. The average Bonchev–Trinajstić information content (AvgIpc) is 2.61. The number of anilines is 1. The third-order valence-electron chi connectivity index (χ3n) is 4.65. The molecule has 1 aromatic carbocycles. The van der Waals surface area contributed by atoms with Crippen LogP contribution in [0.4, 0.5) is 36.4 Å². The van der Waals surface area contributed by atoms with Crippen molar-refractivity contribution in [3.63, 3.8) is 0 Å². The molecule has 2 aromatic rings. The van der Waals surface area contributed by atoms with Crippen molar-refractivity contribution in [3.05, 3.63) is 59.4 Å². The molecule has 2 heterocycles. The van der Waals surface area contributed by atoms with Gasteiger partial charge < -0.3 is 4.90 Å². The van der Waals surface area contributed by atoms with Crippen LogP contribution in [0.5, 0.6) is 0 Å². The molecule has 1 saturated heterocycles. The lowest BCUT2D eigenvalue weighted by atomic mass is 9.86. The topological polar surface area (TPSA) is 16.1 Å². The van der Waals surface area contributed by atoms with E-state index in [1.165, 1.54) is 12.1 Å². The Kier molecular flexibility index (Phi) is 4.81. The molecule has 0 aliphatic carbocycles. The van der Waals surface area contributed by atoms with E-state index in [9.17, 15) is 26.3 Å². The van der Waals surface area contributed by atoms with Gasteiger partial charge in [0.15, 0.2) is 5.67 Å². The first-order valence-electron chi connectivity index (χ1n) is 8.14. The average molecular weight is 392 g/mol. The molecule has 0 unspecified atom stereocenters. The first kappa shape index (κ1) is 19.4. The molecule has 0 N–H and O–H groups in total. The Morgan fingerprint density at radius 3 is 1.96 bits per heavy atom. The van der Waals surface area contributed by atoms with E-state index < -0.39 is 34.8 Å². The summed E-state index contributed by atoms with van der Waals surface area (Å²) in [6.45, 7) is 0.130. The predicted octanol–water partition coefficient (Wildman–Crippen LogP) is 5.58. The van der Waals surface area contributed by atoms with E-state index in [-0.39, 0.29) is 25.9 Å². The molecule has 0 amide bonds. The van der Waals surface area contributed by atoms with Gasteiger partial charge in [-0.25, -0.2) is 4.39 Å². The molecule has 146 valence electrons. The number of rotatable bonds is 2. The summed E-state index contributed by atoms with van der Waals surface area (Å²) >= 11 is 0. The molecule has 27 heavy (non-hydrogen) atoms. The number of alkyl halides is 7. The zero-order valence-electron chi connectivity index (χ0n) is 13.9. The lowest BCUT2D eigenvalue weighted by molar-refractivity contribution is -0.140. The second-order valence-corrected chi connectivity index (χ2v) is 6.39. The highest BCUT2D eigenvalue weighted by Crippen LogP contribution is 2.43. The smallest absolute Gasteiger partial charge is 0.371 e. The van der Waals surface area contributed by atoms with Crippen LogP contribution in [0.25, 0.3) is 0 Å². The summed E-state index contributed by atoms with van der Waals surface area (Å²) < 4.78 is 92.6. The Balaban J connectivity index is 1.77. The van der Waals surface area contributed by atoms with Crippen molar-refractivity contribution in [2.75, 3.05) is 18.0 Å². The maximum Gasteiger partial charge on any atom is 0.418 e. The summed E-state index contributed by atoms with van der Waals surface area (Å²) in [5.74, 6) is 0. The maximum atomic E-state index is 15.3. The van der Waals surface area contributed by atoms with E-state index in [2.05, 4.69) is 4.98 Å². The van der Waals surface area contributed by atoms with Gasteiger partial charge >= 0.3 is 12.4 Å². The largest absolute Gasteiger partial charge is 0.418 e. The normalized spacial score (nSPS) is 17.8. The highest BCUT2D eigenvalue weighted by Gasteiger charge is 2.45. The standard InChI is InChI=1S/C18H15F7N2/c19-16(15-14(18(23,24)25)2-1-9-26-15)7-10-27(11-8-16)13-5-3-12(4-6-13)17(20,21)22/h1-6,9H,7-8,10-11H2. The molecular weight excluding hydrogens is 377 g/mol. The Hall–Kier alpha value is -2.32. The number of halogens is 7. The number of benzene rings is 1. The molecule has 2 nitrogen and oxygen atoms in total. The van der Waals surface area contributed by atoms with E-state index in [1.807, 2.05) is 0 Å². The number of hydrogen-bond acceptors (Lipinski definition) is 2. The fourth-order valence-electron chi connectivity index (χ4n) is 3.21. The van der Waals surface area contributed by atoms with E-state index in [1.54, 1.807) is 4.90 Å². The quantitative estimate of drug-likeness (QED) is 0.620. The molecule has 9 heteroatoms. The van der Waals surface area contributed by atoms with Gasteiger partial charge in [0.25, 0.3) is 0 Å². The van der Waals surface area contributed by atoms with Crippen LogP contribution in [0.1, 0.15) is 29.7 Å². The molecule has 1 aliphatic rings. The van der Waals surface area contributed by atoms with Gasteiger partial charge in [0.2, 0.25) is 0 Å². The molecule has 3 rings (SSSR count). The molecule has 0 bridgehead atoms. The van der Waals surface area contributed by atoms with Gasteiger partial charge in [-0.3, -0.25) is 4.98 Å². The van der Waals surface area contributed by atoms with Crippen molar-refractivity contribution in [2.45, 2.75) is 30.9 Å². The number of aromatic nitrogens is 1. The fourth-order valence-corrected chi connectivity index (χ4v) is 3.21. The minimum atomic E-state index is -4.72. The van der Waals surface area contributed by atoms with E-state index in [0.717, 1.165) is 30.5 Å². The molecule has 0 saturated carbocycles. The molecule has 0 spiro atoms. The Morgan fingerprint density at radius 1 is 0.852 bits per heavy atom. The monoisotopic (exact) mass is 392 g/mol. The van der Waals surface area contributed by atoms with Crippen molar-refractivity contribution in [1.82, 2.24) is 4.98 Å². The minimum Gasteiger partial charge on any atom is -0.371 e. The fraction of sp³-hybridized carbons (Fsp3) is 0.389. The second-order valence-electron chi connectivity index (χ2n) is 6.39. The molecule has 1 aliphatic heterocycles. The Labute approximate surface area is 150 Å². The first-order chi connectivity index (χ1) is 12.5. The van der Waals surface area contributed by atoms with E-state index in [0.29, 0.717) is 5.69 Å². The summed E-state index contributed by atoms with van der Waals surface area (Å²) in [7, 11) is 0. The van der Waals surface area contributed by atoms with Crippen LogP contribution in [0.15, 0.2) is 42.6 Å². The van der Waals surface area contributed by atoms with E-state index in [4.69, 9.17) is 0 Å². The summed E-state index contributed by atoms with van der Waals surface area (Å²) in [5, 5.41) is 0. The molecular formula is C18H15F7N2. The van der Waals surface area contributed by atoms with Crippen LogP contribution in [-0.2, 0) is 18.0 Å². The Bertz CT molecular complexity index is 789. The van der Waals surface area contributed by atoms with Crippen LogP contribution in [0, 0.1) is 0 Å². The highest BCUT2D eigenvalue weighted by molar-refractivity contribution is 5.49. The van der Waals surface area contributed by atoms with Gasteiger partial charge in [0, 0.05) is 37.8 Å². The maximum absolute atomic E-state index is 15.3. The molecule has 0 atom stereocenters. The third-order valence-corrected chi connectivity index (χ3v) is 4.65. The van der Waals surface area contributed by atoms with Crippen LogP contribution >= 0.6 is 0 Å². The van der Waals surface area contributed by atoms with Crippen LogP contribution in [0.2, 0.25) is 0 Å². The van der Waals surface area contributed by atoms with Crippen molar-refractivity contribution < 1.29 is 30.7 Å². The predicted molar refractivity (Wildman–Crippen MR) is 84.9 cm³/mol. The minimum absolute atomic E-state index is 0.0652. The van der Waals surface area contributed by atoms with Crippen molar-refractivity contribution >= 4 is 5.69 Å². The van der Waals surface area contributed by atoms with Crippen LogP contribution < -0.4 is 4.90 Å². The Morgan fingerprint density at radius 2 is 1.44 bits per heavy atom. The van der Waals surface area contributed by atoms with Crippen molar-refractivity contribution in [2.24, 2.45) is 0 Å².